The van der Waals surface area contributed by atoms with Gasteiger partial charge in [-0.3, -0.25) is 14.4 Å². The first-order valence-corrected chi connectivity index (χ1v) is 13.2. The molecule has 3 fully saturated rings. The standard InChI is InChI=1S/C25H37BrN2O6/c1-5-9-10-12-27(11-6-2)23(31)21-25-14-17(26)20(34-25)18(24(32)33-13-7-3)19(25)22(30)28(21)16(8-4)15-29/h6-7,16-21,29H,2-3,5,8-15H2,1,4H3/t16-,17?,18+,19-,20+,21?,25?/m0/s1. The largest absolute Gasteiger partial charge is 0.461 e. The fourth-order valence-corrected chi connectivity index (χ4v) is 6.78. The minimum atomic E-state index is -1.16. The summed E-state index contributed by atoms with van der Waals surface area (Å²) in [4.78, 5) is 44.0. The van der Waals surface area contributed by atoms with Gasteiger partial charge in [0, 0.05) is 17.9 Å². The van der Waals surface area contributed by atoms with E-state index in [-0.39, 0.29) is 29.9 Å². The van der Waals surface area contributed by atoms with E-state index < -0.39 is 41.6 Å². The second kappa shape index (κ2) is 11.4. The topological polar surface area (TPSA) is 96.4 Å². The molecule has 3 aliphatic rings. The number of alkyl halides is 1. The molecule has 2 amide bonds. The number of amides is 2. The lowest BCUT2D eigenvalue weighted by atomic mass is 9.70. The molecule has 1 N–H and O–H groups in total. The van der Waals surface area contributed by atoms with Crippen molar-refractivity contribution in [3.8, 4) is 0 Å². The molecule has 3 unspecified atom stereocenters. The van der Waals surface area contributed by atoms with Crippen molar-refractivity contribution in [1.82, 2.24) is 9.80 Å². The number of carbonyl (C=O) groups is 3. The highest BCUT2D eigenvalue weighted by atomic mass is 79.9. The molecule has 7 atom stereocenters. The normalized spacial score (nSPS) is 32.4. The van der Waals surface area contributed by atoms with Crippen LogP contribution in [0.1, 0.15) is 46.0 Å². The quantitative estimate of drug-likeness (QED) is 0.167. The third kappa shape index (κ3) is 4.46. The highest BCUT2D eigenvalue weighted by Gasteiger charge is 2.77. The molecule has 0 radical (unpaired) electrons. The van der Waals surface area contributed by atoms with Gasteiger partial charge in [-0.15, -0.1) is 6.58 Å². The molecule has 3 rings (SSSR count). The second-order valence-electron chi connectivity index (χ2n) is 9.35. The molecule has 2 bridgehead atoms. The molecule has 9 heteroatoms. The molecule has 3 saturated heterocycles. The van der Waals surface area contributed by atoms with Gasteiger partial charge in [0.2, 0.25) is 11.8 Å². The monoisotopic (exact) mass is 540 g/mol. The first kappa shape index (κ1) is 26.9. The summed E-state index contributed by atoms with van der Waals surface area (Å²) in [6.07, 6.45) is 6.32. The summed E-state index contributed by atoms with van der Waals surface area (Å²) in [6, 6.07) is -1.48. The Morgan fingerprint density at radius 2 is 2.09 bits per heavy atom. The Morgan fingerprint density at radius 3 is 2.68 bits per heavy atom. The van der Waals surface area contributed by atoms with Crippen LogP contribution in [0.3, 0.4) is 0 Å². The third-order valence-electron chi connectivity index (χ3n) is 7.34. The van der Waals surface area contributed by atoms with Gasteiger partial charge in [-0.05, 0) is 19.3 Å². The van der Waals surface area contributed by atoms with Gasteiger partial charge in [-0.2, -0.15) is 0 Å². The summed E-state index contributed by atoms with van der Waals surface area (Å²) in [5, 5.41) is 10.1. The lowest BCUT2D eigenvalue weighted by Gasteiger charge is -2.39. The van der Waals surface area contributed by atoms with Crippen molar-refractivity contribution in [3.05, 3.63) is 25.3 Å². The van der Waals surface area contributed by atoms with E-state index in [1.54, 1.807) is 11.0 Å². The molecule has 3 heterocycles. The van der Waals surface area contributed by atoms with E-state index >= 15 is 0 Å². The van der Waals surface area contributed by atoms with Crippen molar-refractivity contribution in [1.29, 1.82) is 0 Å². The van der Waals surface area contributed by atoms with Crippen LogP contribution in [0.4, 0.5) is 0 Å². The molecule has 190 valence electrons. The van der Waals surface area contributed by atoms with E-state index in [4.69, 9.17) is 9.47 Å². The molecule has 0 aromatic heterocycles. The average Bonchev–Trinajstić information content (AvgIpc) is 3.41. The van der Waals surface area contributed by atoms with E-state index in [9.17, 15) is 19.5 Å². The van der Waals surface area contributed by atoms with Gasteiger partial charge in [0.15, 0.2) is 0 Å². The molecular formula is C25H37BrN2O6. The van der Waals surface area contributed by atoms with Crippen LogP contribution in [0, 0.1) is 11.8 Å². The zero-order chi connectivity index (χ0) is 25.0. The maximum absolute atomic E-state index is 14.1. The van der Waals surface area contributed by atoms with Crippen LogP contribution in [0.15, 0.2) is 25.3 Å². The van der Waals surface area contributed by atoms with Crippen LogP contribution in [-0.4, -0.2) is 87.6 Å². The van der Waals surface area contributed by atoms with Crippen LogP contribution in [0.25, 0.3) is 0 Å². The Morgan fingerprint density at radius 1 is 1.35 bits per heavy atom. The second-order valence-corrected chi connectivity index (χ2v) is 10.5. The van der Waals surface area contributed by atoms with Gasteiger partial charge in [0.05, 0.1) is 30.6 Å². The molecule has 0 aliphatic carbocycles. The third-order valence-corrected chi connectivity index (χ3v) is 8.19. The molecule has 0 saturated carbocycles. The molecule has 3 aliphatic heterocycles. The van der Waals surface area contributed by atoms with E-state index in [0.717, 1.165) is 19.3 Å². The van der Waals surface area contributed by atoms with E-state index in [1.807, 2.05) is 6.92 Å². The summed E-state index contributed by atoms with van der Waals surface area (Å²) in [6.45, 7) is 12.0. The van der Waals surface area contributed by atoms with E-state index in [2.05, 4.69) is 36.0 Å². The van der Waals surface area contributed by atoms with Gasteiger partial charge < -0.3 is 24.4 Å². The summed E-state index contributed by atoms with van der Waals surface area (Å²) in [5.41, 5.74) is -1.16. The van der Waals surface area contributed by atoms with Crippen LogP contribution >= 0.6 is 15.9 Å². The number of hydrogen-bond acceptors (Lipinski definition) is 6. The van der Waals surface area contributed by atoms with Gasteiger partial charge in [-0.25, -0.2) is 0 Å². The minimum Gasteiger partial charge on any atom is -0.461 e. The summed E-state index contributed by atoms with van der Waals surface area (Å²) >= 11 is 3.64. The number of unbranched alkanes of at least 4 members (excludes halogenated alkanes) is 2. The molecule has 1 spiro atoms. The highest BCUT2D eigenvalue weighted by molar-refractivity contribution is 9.09. The van der Waals surface area contributed by atoms with Gasteiger partial charge >= 0.3 is 5.97 Å². The van der Waals surface area contributed by atoms with Crippen molar-refractivity contribution in [2.75, 3.05) is 26.3 Å². The Bertz CT molecular complexity index is 802. The molecule has 8 nitrogen and oxygen atoms in total. The number of likely N-dealkylation sites (tertiary alicyclic amines) is 1. The van der Waals surface area contributed by atoms with Crippen LogP contribution in [0.5, 0.6) is 0 Å². The van der Waals surface area contributed by atoms with E-state index in [0.29, 0.717) is 25.9 Å². The Hall–Kier alpha value is -1.71. The summed E-state index contributed by atoms with van der Waals surface area (Å²) in [5.74, 6) is -2.73. The molecular weight excluding hydrogens is 504 g/mol. The Balaban J connectivity index is 2.04. The number of rotatable bonds is 13. The number of ether oxygens (including phenoxy) is 2. The predicted molar refractivity (Wildman–Crippen MR) is 131 cm³/mol. The number of nitrogens with zero attached hydrogens (tertiary/aromatic N) is 2. The van der Waals surface area contributed by atoms with Crippen molar-refractivity contribution in [2.24, 2.45) is 11.8 Å². The molecule has 0 aromatic rings. The predicted octanol–water partition coefficient (Wildman–Crippen LogP) is 2.44. The zero-order valence-electron chi connectivity index (χ0n) is 20.2. The number of aliphatic hydroxyl groups is 1. The van der Waals surface area contributed by atoms with Gasteiger partial charge in [-0.1, -0.05) is 61.4 Å². The number of hydrogen-bond donors (Lipinski definition) is 1. The van der Waals surface area contributed by atoms with Gasteiger partial charge in [0.1, 0.15) is 18.2 Å². The first-order chi connectivity index (χ1) is 16.3. The average molecular weight is 541 g/mol. The molecule has 0 aromatic carbocycles. The highest BCUT2D eigenvalue weighted by Crippen LogP contribution is 2.60. The maximum atomic E-state index is 14.1. The number of esters is 1. The molecule has 34 heavy (non-hydrogen) atoms. The number of halogens is 1. The lowest BCUT2D eigenvalue weighted by Crippen LogP contribution is -2.59. The maximum Gasteiger partial charge on any atom is 0.312 e. The van der Waals surface area contributed by atoms with Crippen molar-refractivity contribution in [2.45, 2.75) is 74.6 Å². The Labute approximate surface area is 210 Å². The number of fused-ring (bicyclic) bond motifs is 1. The van der Waals surface area contributed by atoms with Crippen LogP contribution in [0.2, 0.25) is 0 Å². The van der Waals surface area contributed by atoms with Crippen molar-refractivity contribution >= 4 is 33.7 Å². The Kier molecular flexibility index (Phi) is 8.98. The first-order valence-electron chi connectivity index (χ1n) is 12.2. The summed E-state index contributed by atoms with van der Waals surface area (Å²) < 4.78 is 11.8. The lowest BCUT2D eigenvalue weighted by molar-refractivity contribution is -0.155. The van der Waals surface area contributed by atoms with Crippen molar-refractivity contribution in [3.63, 3.8) is 0 Å². The van der Waals surface area contributed by atoms with Gasteiger partial charge in [0.25, 0.3) is 0 Å². The van der Waals surface area contributed by atoms with Crippen molar-refractivity contribution < 1.29 is 29.0 Å². The fourth-order valence-electron chi connectivity index (χ4n) is 5.83. The number of aliphatic hydroxyl groups excluding tert-OH is 1. The van der Waals surface area contributed by atoms with Crippen LogP contribution < -0.4 is 0 Å². The van der Waals surface area contributed by atoms with Crippen LogP contribution in [-0.2, 0) is 23.9 Å². The van der Waals surface area contributed by atoms with E-state index in [1.165, 1.54) is 11.0 Å². The zero-order valence-corrected chi connectivity index (χ0v) is 21.7. The number of carbonyl (C=O) groups excluding carboxylic acids is 3. The minimum absolute atomic E-state index is 0.0355. The smallest absolute Gasteiger partial charge is 0.312 e. The summed E-state index contributed by atoms with van der Waals surface area (Å²) in [7, 11) is 0. The fraction of sp³-hybridized carbons (Fsp3) is 0.720. The SMILES string of the molecule is C=CCOC(=O)[C@H]1[C@@H]2OC3(CC2Br)C(C(=O)N(CC=C)CCCCC)N([C@@H](CC)CO)C(=O)[C@H]13.